The topological polar surface area (TPSA) is 53.3 Å². The largest absolute Gasteiger partial charge is 0.396 e. The maximum absolute atomic E-state index is 9.41. The van der Waals surface area contributed by atoms with Crippen LogP contribution in [-0.4, -0.2) is 37.8 Å². The Morgan fingerprint density at radius 2 is 1.93 bits per heavy atom. The van der Waals surface area contributed by atoms with Gasteiger partial charge in [-0.05, 0) is 80.5 Å². The molecule has 2 aromatic heterocycles. The predicted molar refractivity (Wildman–Crippen MR) is 124 cm³/mol. The molecular weight excluding hydrogens is 416 g/mol. The van der Waals surface area contributed by atoms with Crippen molar-refractivity contribution in [3.63, 3.8) is 0 Å². The summed E-state index contributed by atoms with van der Waals surface area (Å²) in [6.45, 7) is 5.06. The maximum atomic E-state index is 9.41. The number of pyridine rings is 1. The van der Waals surface area contributed by atoms with E-state index in [1.807, 2.05) is 48.7 Å². The molecule has 0 spiro atoms. The van der Waals surface area contributed by atoms with Crippen LogP contribution in [0.1, 0.15) is 41.1 Å². The maximum Gasteiger partial charge on any atom is 0.170 e. The van der Waals surface area contributed by atoms with Gasteiger partial charge in [0.2, 0.25) is 0 Å². The van der Waals surface area contributed by atoms with Crippen molar-refractivity contribution in [2.24, 2.45) is 0 Å². The molecule has 1 aliphatic heterocycles. The molecular formula is C23H25ClN4OS. The van der Waals surface area contributed by atoms with E-state index in [1.54, 1.807) is 0 Å². The first-order valence-electron chi connectivity index (χ1n) is 10.0. The average Bonchev–Trinajstić information content (AvgIpc) is 3.23. The lowest BCUT2D eigenvalue weighted by molar-refractivity contribution is 0.247. The Morgan fingerprint density at radius 1 is 1.17 bits per heavy atom. The number of thiocarbonyl (C=S) groups is 1. The van der Waals surface area contributed by atoms with Crippen LogP contribution in [0.5, 0.6) is 0 Å². The fourth-order valence-corrected chi connectivity index (χ4v) is 4.76. The zero-order valence-corrected chi connectivity index (χ0v) is 18.6. The lowest BCUT2D eigenvalue weighted by Gasteiger charge is -2.28. The Morgan fingerprint density at radius 3 is 2.60 bits per heavy atom. The van der Waals surface area contributed by atoms with Crippen molar-refractivity contribution >= 4 is 28.9 Å². The second kappa shape index (κ2) is 8.76. The number of rotatable bonds is 6. The van der Waals surface area contributed by atoms with Crippen LogP contribution in [0.4, 0.5) is 0 Å². The third-order valence-corrected chi connectivity index (χ3v) is 6.23. The Bertz CT molecular complexity index is 1040. The fourth-order valence-electron chi connectivity index (χ4n) is 4.30. The van der Waals surface area contributed by atoms with E-state index < -0.39 is 0 Å². The fraction of sp³-hybridized carbons (Fsp3) is 0.304. The van der Waals surface area contributed by atoms with E-state index in [2.05, 4.69) is 39.7 Å². The van der Waals surface area contributed by atoms with E-state index in [0.717, 1.165) is 27.8 Å². The van der Waals surface area contributed by atoms with Gasteiger partial charge in [-0.25, -0.2) is 0 Å². The molecule has 3 heterocycles. The first-order valence-corrected chi connectivity index (χ1v) is 10.8. The third-order valence-electron chi connectivity index (χ3n) is 5.63. The minimum Gasteiger partial charge on any atom is -0.396 e. The number of hydrogen-bond donors (Lipinski definition) is 2. The molecule has 2 N–H and O–H groups in total. The molecule has 2 atom stereocenters. The first-order chi connectivity index (χ1) is 14.5. The number of halogens is 1. The van der Waals surface area contributed by atoms with Gasteiger partial charge in [0.25, 0.3) is 0 Å². The molecule has 30 heavy (non-hydrogen) atoms. The molecule has 1 aliphatic rings. The van der Waals surface area contributed by atoms with Gasteiger partial charge in [-0.3, -0.25) is 4.98 Å². The van der Waals surface area contributed by atoms with Crippen LogP contribution in [0.2, 0.25) is 5.02 Å². The van der Waals surface area contributed by atoms with Crippen LogP contribution < -0.4 is 5.32 Å². The summed E-state index contributed by atoms with van der Waals surface area (Å²) in [5.74, 6) is 0. The summed E-state index contributed by atoms with van der Waals surface area (Å²) >= 11 is 11.8. The van der Waals surface area contributed by atoms with Crippen molar-refractivity contribution in [3.05, 3.63) is 82.4 Å². The number of nitrogens with zero attached hydrogens (tertiary/aromatic N) is 3. The Balaban J connectivity index is 1.81. The molecule has 4 rings (SSSR count). The van der Waals surface area contributed by atoms with Crippen LogP contribution in [0, 0.1) is 13.8 Å². The molecule has 0 amide bonds. The van der Waals surface area contributed by atoms with Gasteiger partial charge in [0.05, 0.1) is 17.8 Å². The second-order valence-corrected chi connectivity index (χ2v) is 8.36. The van der Waals surface area contributed by atoms with Gasteiger partial charge in [-0.15, -0.1) is 0 Å². The van der Waals surface area contributed by atoms with Gasteiger partial charge >= 0.3 is 0 Å². The van der Waals surface area contributed by atoms with E-state index in [9.17, 15) is 5.11 Å². The van der Waals surface area contributed by atoms with Gasteiger partial charge in [-0.1, -0.05) is 17.7 Å². The highest BCUT2D eigenvalue weighted by molar-refractivity contribution is 7.80. The molecule has 0 aliphatic carbocycles. The van der Waals surface area contributed by atoms with Crippen molar-refractivity contribution in [1.82, 2.24) is 19.8 Å². The van der Waals surface area contributed by atoms with Crippen molar-refractivity contribution in [2.45, 2.75) is 32.4 Å². The van der Waals surface area contributed by atoms with E-state index >= 15 is 0 Å². The molecule has 5 nitrogen and oxygen atoms in total. The highest BCUT2D eigenvalue weighted by Crippen LogP contribution is 2.41. The van der Waals surface area contributed by atoms with Crippen LogP contribution in [0.3, 0.4) is 0 Å². The number of aliphatic hydroxyl groups is 1. The molecule has 7 heteroatoms. The summed E-state index contributed by atoms with van der Waals surface area (Å²) in [4.78, 5) is 6.77. The molecule has 1 saturated heterocycles. The summed E-state index contributed by atoms with van der Waals surface area (Å²) in [5.41, 5.74) is 5.52. The van der Waals surface area contributed by atoms with Crippen LogP contribution >= 0.6 is 23.8 Å². The number of hydrogen-bond acceptors (Lipinski definition) is 3. The normalized spacial score (nSPS) is 18.7. The van der Waals surface area contributed by atoms with Crippen LogP contribution in [-0.2, 0) is 0 Å². The SMILES string of the molecule is Cc1cc(C2C(c3ccccn3)NC(=S)N2CCCO)c(C)n1-c1ccc(Cl)cc1. The Hall–Kier alpha value is -2.41. The van der Waals surface area contributed by atoms with Gasteiger partial charge in [0.15, 0.2) is 5.11 Å². The van der Waals surface area contributed by atoms with Crippen molar-refractivity contribution in [1.29, 1.82) is 0 Å². The number of aromatic nitrogens is 2. The zero-order chi connectivity index (χ0) is 21.3. The third kappa shape index (κ3) is 3.83. The molecule has 0 bridgehead atoms. The van der Waals surface area contributed by atoms with Crippen molar-refractivity contribution < 1.29 is 5.11 Å². The minimum absolute atomic E-state index is 0.00815. The van der Waals surface area contributed by atoms with Gasteiger partial charge < -0.3 is 19.9 Å². The Labute approximate surface area is 187 Å². The van der Waals surface area contributed by atoms with Crippen molar-refractivity contribution in [2.75, 3.05) is 13.2 Å². The van der Waals surface area contributed by atoms with Crippen molar-refractivity contribution in [3.8, 4) is 5.69 Å². The standard InChI is InChI=1S/C23H25ClN4OS/c1-15-14-19(16(2)28(15)18-9-7-17(24)8-10-18)22-21(20-6-3-4-11-25-20)26-23(30)27(22)12-5-13-29/h3-4,6-11,14,21-22,29H,5,12-13H2,1-2H3,(H,26,30). The number of benzene rings is 1. The average molecular weight is 441 g/mol. The molecule has 0 saturated carbocycles. The summed E-state index contributed by atoms with van der Waals surface area (Å²) < 4.78 is 2.24. The van der Waals surface area contributed by atoms with E-state index in [0.29, 0.717) is 18.1 Å². The summed E-state index contributed by atoms with van der Waals surface area (Å²) in [5, 5.41) is 14.3. The monoisotopic (exact) mass is 440 g/mol. The van der Waals surface area contributed by atoms with Gasteiger partial charge in [-0.2, -0.15) is 0 Å². The molecule has 0 radical (unpaired) electrons. The highest BCUT2D eigenvalue weighted by Gasteiger charge is 2.41. The first kappa shape index (κ1) is 20.8. The lowest BCUT2D eigenvalue weighted by Crippen LogP contribution is -2.31. The smallest absolute Gasteiger partial charge is 0.170 e. The number of aryl methyl sites for hydroxylation is 1. The molecule has 1 fully saturated rings. The van der Waals surface area contributed by atoms with E-state index in [-0.39, 0.29) is 18.7 Å². The minimum atomic E-state index is -0.0587. The number of aliphatic hydroxyl groups excluding tert-OH is 1. The second-order valence-electron chi connectivity index (χ2n) is 7.54. The molecule has 156 valence electrons. The quantitative estimate of drug-likeness (QED) is 0.553. The summed E-state index contributed by atoms with van der Waals surface area (Å²) in [6, 6.07) is 16.0. The van der Waals surface area contributed by atoms with Gasteiger partial charge in [0, 0.05) is 41.4 Å². The van der Waals surface area contributed by atoms with Gasteiger partial charge in [0.1, 0.15) is 0 Å². The van der Waals surface area contributed by atoms with Crippen LogP contribution in [0.15, 0.2) is 54.7 Å². The van der Waals surface area contributed by atoms with E-state index in [4.69, 9.17) is 23.8 Å². The molecule has 3 aromatic rings. The molecule has 1 aromatic carbocycles. The predicted octanol–water partition coefficient (Wildman–Crippen LogP) is 4.50. The highest BCUT2D eigenvalue weighted by atomic mass is 35.5. The summed E-state index contributed by atoms with van der Waals surface area (Å²) in [6.07, 6.45) is 2.47. The Kier molecular flexibility index (Phi) is 6.09. The lowest BCUT2D eigenvalue weighted by atomic mass is 9.96. The summed E-state index contributed by atoms with van der Waals surface area (Å²) in [7, 11) is 0. The number of nitrogens with one attached hydrogen (secondary N) is 1. The van der Waals surface area contributed by atoms with E-state index in [1.165, 1.54) is 5.56 Å². The van der Waals surface area contributed by atoms with Crippen LogP contribution in [0.25, 0.3) is 5.69 Å². The zero-order valence-electron chi connectivity index (χ0n) is 17.0. The molecule has 2 unspecified atom stereocenters.